The molecule has 2 N–H and O–H groups in total. The Balaban J connectivity index is 2.28. The molecule has 0 saturated heterocycles. The maximum Gasteiger partial charge on any atom is 0.256 e. The summed E-state index contributed by atoms with van der Waals surface area (Å²) in [6.07, 6.45) is 0. The maximum absolute atomic E-state index is 12.2. The van der Waals surface area contributed by atoms with Crippen LogP contribution in [0.25, 0.3) is 0 Å². The Bertz CT molecular complexity index is 662. The largest absolute Gasteiger partial charge is 0.392 e. The van der Waals surface area contributed by atoms with E-state index in [1.807, 2.05) is 22.6 Å². The number of aliphatic hydroxyl groups excluding tert-OH is 1. The zero-order chi connectivity index (χ0) is 14.7. The summed E-state index contributed by atoms with van der Waals surface area (Å²) in [6.45, 7) is -0.0791. The van der Waals surface area contributed by atoms with Gasteiger partial charge in [-0.05, 0) is 52.4 Å². The van der Waals surface area contributed by atoms with Crippen LogP contribution < -0.4 is 5.32 Å². The highest BCUT2D eigenvalue weighted by Crippen LogP contribution is 2.27. The van der Waals surface area contributed by atoms with Gasteiger partial charge in [0.2, 0.25) is 0 Å². The molecular formula is C14H10Cl2INO2. The fourth-order valence-corrected chi connectivity index (χ4v) is 2.72. The van der Waals surface area contributed by atoms with Crippen molar-refractivity contribution < 1.29 is 9.90 Å². The van der Waals surface area contributed by atoms with Crippen LogP contribution in [0.1, 0.15) is 15.9 Å². The van der Waals surface area contributed by atoms with Crippen LogP contribution in [0.4, 0.5) is 5.69 Å². The highest BCUT2D eigenvalue weighted by molar-refractivity contribution is 14.1. The molecule has 0 aliphatic rings. The van der Waals surface area contributed by atoms with Gasteiger partial charge in [0, 0.05) is 14.3 Å². The van der Waals surface area contributed by atoms with Crippen LogP contribution in [-0.2, 0) is 6.61 Å². The molecule has 2 aromatic carbocycles. The van der Waals surface area contributed by atoms with Crippen molar-refractivity contribution in [3.63, 3.8) is 0 Å². The molecule has 3 nitrogen and oxygen atoms in total. The van der Waals surface area contributed by atoms with Crippen LogP contribution in [0, 0.1) is 3.57 Å². The van der Waals surface area contributed by atoms with Crippen molar-refractivity contribution in [1.29, 1.82) is 0 Å². The van der Waals surface area contributed by atoms with E-state index >= 15 is 0 Å². The number of benzene rings is 2. The van der Waals surface area contributed by atoms with Gasteiger partial charge in [-0.2, -0.15) is 0 Å². The summed E-state index contributed by atoms with van der Waals surface area (Å²) in [4.78, 5) is 12.2. The lowest BCUT2D eigenvalue weighted by molar-refractivity contribution is 0.102. The molecule has 0 fully saturated rings. The Morgan fingerprint density at radius 2 is 2.00 bits per heavy atom. The van der Waals surface area contributed by atoms with Gasteiger partial charge in [-0.15, -0.1) is 0 Å². The van der Waals surface area contributed by atoms with Gasteiger partial charge in [0.1, 0.15) is 0 Å². The molecule has 0 radical (unpaired) electrons. The molecule has 0 atom stereocenters. The SMILES string of the molecule is O=C(Nc1cccc(CO)c1)c1cc(Cl)cc(Cl)c1I. The Labute approximate surface area is 140 Å². The van der Waals surface area contributed by atoms with Gasteiger partial charge in [-0.3, -0.25) is 4.79 Å². The van der Waals surface area contributed by atoms with Crippen molar-refractivity contribution in [2.75, 3.05) is 5.32 Å². The second-order valence-electron chi connectivity index (χ2n) is 4.06. The van der Waals surface area contributed by atoms with Crippen LogP contribution in [0.3, 0.4) is 0 Å². The number of nitrogens with one attached hydrogen (secondary N) is 1. The monoisotopic (exact) mass is 421 g/mol. The Kier molecular flexibility index (Phi) is 5.26. The zero-order valence-electron chi connectivity index (χ0n) is 10.2. The van der Waals surface area contributed by atoms with E-state index in [4.69, 9.17) is 28.3 Å². The van der Waals surface area contributed by atoms with Crippen LogP contribution in [0.5, 0.6) is 0 Å². The first-order chi connectivity index (χ1) is 9.51. The van der Waals surface area contributed by atoms with Gasteiger partial charge in [-0.25, -0.2) is 0 Å². The quantitative estimate of drug-likeness (QED) is 0.572. The van der Waals surface area contributed by atoms with Gasteiger partial charge in [0.05, 0.1) is 17.2 Å². The molecule has 0 aliphatic heterocycles. The van der Waals surface area contributed by atoms with E-state index in [2.05, 4.69) is 5.32 Å². The van der Waals surface area contributed by atoms with Crippen LogP contribution in [0.2, 0.25) is 10.0 Å². The average Bonchev–Trinajstić information content (AvgIpc) is 2.43. The molecule has 6 heteroatoms. The van der Waals surface area contributed by atoms with Crippen molar-refractivity contribution in [3.8, 4) is 0 Å². The molecule has 104 valence electrons. The minimum atomic E-state index is -0.297. The van der Waals surface area contributed by atoms with Crippen molar-refractivity contribution in [2.45, 2.75) is 6.61 Å². The summed E-state index contributed by atoms with van der Waals surface area (Å²) in [5.41, 5.74) is 1.74. The minimum absolute atomic E-state index is 0.0791. The first-order valence-corrected chi connectivity index (χ1v) is 7.50. The van der Waals surface area contributed by atoms with Gasteiger partial charge in [0.25, 0.3) is 5.91 Å². The van der Waals surface area contributed by atoms with Gasteiger partial charge >= 0.3 is 0 Å². The Hall–Kier alpha value is -0.820. The fraction of sp³-hybridized carbons (Fsp3) is 0.0714. The first-order valence-electron chi connectivity index (χ1n) is 5.67. The number of halogens is 3. The van der Waals surface area contributed by atoms with E-state index in [1.54, 1.807) is 36.4 Å². The van der Waals surface area contributed by atoms with E-state index < -0.39 is 0 Å². The predicted octanol–water partition coefficient (Wildman–Crippen LogP) is 4.34. The number of hydrogen-bond donors (Lipinski definition) is 2. The lowest BCUT2D eigenvalue weighted by atomic mass is 10.2. The molecule has 0 saturated carbocycles. The van der Waals surface area contributed by atoms with E-state index in [0.29, 0.717) is 24.9 Å². The van der Waals surface area contributed by atoms with Crippen LogP contribution in [0.15, 0.2) is 36.4 Å². The second kappa shape index (κ2) is 6.76. The number of rotatable bonds is 3. The number of carbonyl (C=O) groups excluding carboxylic acids is 1. The third kappa shape index (κ3) is 3.63. The lowest BCUT2D eigenvalue weighted by Crippen LogP contribution is -2.13. The highest BCUT2D eigenvalue weighted by Gasteiger charge is 2.14. The summed E-state index contributed by atoms with van der Waals surface area (Å²) in [7, 11) is 0. The molecule has 2 rings (SSSR count). The Morgan fingerprint density at radius 1 is 1.25 bits per heavy atom. The third-order valence-corrected chi connectivity index (χ3v) is 4.60. The molecule has 1 amide bonds. The molecule has 2 aromatic rings. The fourth-order valence-electron chi connectivity index (χ4n) is 1.67. The number of anilines is 1. The van der Waals surface area contributed by atoms with Crippen LogP contribution in [-0.4, -0.2) is 11.0 Å². The number of hydrogen-bond acceptors (Lipinski definition) is 2. The van der Waals surface area contributed by atoms with E-state index in [9.17, 15) is 4.79 Å². The summed E-state index contributed by atoms with van der Waals surface area (Å²) in [6, 6.07) is 10.1. The summed E-state index contributed by atoms with van der Waals surface area (Å²) in [5, 5.41) is 12.7. The average molecular weight is 422 g/mol. The second-order valence-corrected chi connectivity index (χ2v) is 5.98. The molecule has 0 heterocycles. The first kappa shape index (κ1) is 15.6. The molecule has 0 aliphatic carbocycles. The van der Waals surface area contributed by atoms with Crippen molar-refractivity contribution in [2.24, 2.45) is 0 Å². The van der Waals surface area contributed by atoms with Crippen molar-refractivity contribution >= 4 is 57.4 Å². The van der Waals surface area contributed by atoms with E-state index in [-0.39, 0.29) is 12.5 Å². The summed E-state index contributed by atoms with van der Waals surface area (Å²) >= 11 is 13.9. The topological polar surface area (TPSA) is 49.3 Å². The molecule has 0 unspecified atom stereocenters. The highest BCUT2D eigenvalue weighted by atomic mass is 127. The van der Waals surface area contributed by atoms with Crippen molar-refractivity contribution in [3.05, 3.63) is 61.1 Å². The van der Waals surface area contributed by atoms with Gasteiger partial charge < -0.3 is 10.4 Å². The summed E-state index contributed by atoms with van der Waals surface area (Å²) < 4.78 is 0.643. The Morgan fingerprint density at radius 3 is 2.70 bits per heavy atom. The molecular weight excluding hydrogens is 412 g/mol. The molecule has 0 aromatic heterocycles. The number of aliphatic hydroxyl groups is 1. The van der Waals surface area contributed by atoms with E-state index in [0.717, 1.165) is 5.56 Å². The van der Waals surface area contributed by atoms with Gasteiger partial charge in [-0.1, -0.05) is 35.3 Å². The smallest absolute Gasteiger partial charge is 0.256 e. The molecule has 20 heavy (non-hydrogen) atoms. The van der Waals surface area contributed by atoms with Crippen molar-refractivity contribution in [1.82, 2.24) is 0 Å². The zero-order valence-corrected chi connectivity index (χ0v) is 13.8. The normalized spacial score (nSPS) is 10.4. The summed E-state index contributed by atoms with van der Waals surface area (Å²) in [5.74, 6) is -0.297. The number of amides is 1. The third-order valence-electron chi connectivity index (χ3n) is 2.61. The van der Waals surface area contributed by atoms with Crippen LogP contribution >= 0.6 is 45.8 Å². The maximum atomic E-state index is 12.2. The van der Waals surface area contributed by atoms with Gasteiger partial charge in [0.15, 0.2) is 0 Å². The van der Waals surface area contributed by atoms with E-state index in [1.165, 1.54) is 0 Å². The number of carbonyl (C=O) groups is 1. The molecule has 0 spiro atoms. The lowest BCUT2D eigenvalue weighted by Gasteiger charge is -2.09. The predicted molar refractivity (Wildman–Crippen MR) is 89.5 cm³/mol. The molecule has 0 bridgehead atoms. The standard InChI is InChI=1S/C14H10Cl2INO2/c15-9-5-11(13(17)12(16)6-9)14(20)18-10-3-1-2-8(4-10)7-19/h1-6,19H,7H2,(H,18,20). The minimum Gasteiger partial charge on any atom is -0.392 e.